The smallest absolute Gasteiger partial charge is 0.303 e. The summed E-state index contributed by atoms with van der Waals surface area (Å²) in [5.74, 6) is 0.196. The molecule has 0 saturated heterocycles. The summed E-state index contributed by atoms with van der Waals surface area (Å²) in [5.41, 5.74) is 1.96. The Kier molecular flexibility index (Phi) is 4.33. The molecule has 6 heteroatoms. The van der Waals surface area contributed by atoms with Gasteiger partial charge in [-0.25, -0.2) is 4.98 Å². The number of aryl methyl sites for hydroxylation is 1. The number of fused-ring (bicyclic) bond motifs is 1. The van der Waals surface area contributed by atoms with Gasteiger partial charge in [0.15, 0.2) is 5.65 Å². The molecule has 0 spiro atoms. The summed E-state index contributed by atoms with van der Waals surface area (Å²) in [6.07, 6.45) is 4.36. The van der Waals surface area contributed by atoms with Crippen LogP contribution < -0.4 is 5.32 Å². The topological polar surface area (TPSA) is 79.5 Å². The van der Waals surface area contributed by atoms with E-state index in [4.69, 9.17) is 5.11 Å². The Labute approximate surface area is 111 Å². The molecule has 0 aliphatic heterocycles. The number of carbonyl (C=O) groups is 1. The van der Waals surface area contributed by atoms with Gasteiger partial charge in [0.2, 0.25) is 0 Å². The Morgan fingerprint density at radius 1 is 1.37 bits per heavy atom. The molecule has 0 aliphatic carbocycles. The number of nitrogens with zero attached hydrogens (tertiary/aromatic N) is 3. The van der Waals surface area contributed by atoms with E-state index in [1.54, 1.807) is 4.52 Å². The van der Waals surface area contributed by atoms with Crippen LogP contribution in [0.4, 0.5) is 5.82 Å². The summed E-state index contributed by atoms with van der Waals surface area (Å²) in [5, 5.41) is 16.0. The van der Waals surface area contributed by atoms with Crippen molar-refractivity contribution in [2.75, 3.05) is 11.9 Å². The van der Waals surface area contributed by atoms with Crippen LogP contribution in [0.3, 0.4) is 0 Å². The first-order valence-corrected chi connectivity index (χ1v) is 6.43. The zero-order chi connectivity index (χ0) is 13.7. The zero-order valence-corrected chi connectivity index (χ0v) is 11.0. The molecule has 2 aromatic rings. The second-order valence-electron chi connectivity index (χ2n) is 4.58. The standard InChI is InChI=1S/C13H18N4O2/c1-10-7-11(17-12(8-10)15-9-16-17)14-6-4-2-3-5-13(18)19/h7-9,14H,2-6H2,1H3,(H,18,19). The molecule has 0 atom stereocenters. The Morgan fingerprint density at radius 2 is 2.21 bits per heavy atom. The Morgan fingerprint density at radius 3 is 3.00 bits per heavy atom. The molecule has 2 aromatic heterocycles. The lowest BCUT2D eigenvalue weighted by atomic mass is 10.2. The number of nitrogens with one attached hydrogen (secondary N) is 1. The minimum atomic E-state index is -0.726. The third kappa shape index (κ3) is 3.67. The Hall–Kier alpha value is -2.11. The van der Waals surface area contributed by atoms with E-state index in [1.807, 2.05) is 19.1 Å². The number of carboxylic acid groups (broad SMARTS) is 1. The fourth-order valence-electron chi connectivity index (χ4n) is 1.98. The largest absolute Gasteiger partial charge is 0.481 e. The molecule has 0 fully saturated rings. The number of unbranched alkanes of at least 4 members (excludes halogenated alkanes) is 2. The van der Waals surface area contributed by atoms with E-state index in [0.29, 0.717) is 0 Å². The third-order valence-electron chi connectivity index (χ3n) is 2.90. The van der Waals surface area contributed by atoms with Crippen molar-refractivity contribution in [1.82, 2.24) is 14.6 Å². The number of carboxylic acids is 1. The number of rotatable bonds is 7. The van der Waals surface area contributed by atoms with Gasteiger partial charge in [0.1, 0.15) is 12.1 Å². The molecule has 2 rings (SSSR count). The van der Waals surface area contributed by atoms with Gasteiger partial charge in [-0.3, -0.25) is 4.79 Å². The van der Waals surface area contributed by atoms with Crippen molar-refractivity contribution in [3.8, 4) is 0 Å². The van der Waals surface area contributed by atoms with Crippen molar-refractivity contribution >= 4 is 17.4 Å². The SMILES string of the molecule is Cc1cc(NCCCCCC(=O)O)n2ncnc2c1. The quantitative estimate of drug-likeness (QED) is 0.747. The highest BCUT2D eigenvalue weighted by Gasteiger charge is 2.03. The first-order chi connectivity index (χ1) is 9.16. The van der Waals surface area contributed by atoms with Crippen LogP contribution in [-0.4, -0.2) is 32.2 Å². The molecule has 2 heterocycles. The molecule has 0 aromatic carbocycles. The maximum Gasteiger partial charge on any atom is 0.303 e. The number of hydrogen-bond donors (Lipinski definition) is 2. The predicted molar refractivity (Wildman–Crippen MR) is 72.3 cm³/mol. The molecule has 0 radical (unpaired) electrons. The van der Waals surface area contributed by atoms with E-state index in [9.17, 15) is 4.79 Å². The van der Waals surface area contributed by atoms with Crippen LogP contribution in [0.2, 0.25) is 0 Å². The lowest BCUT2D eigenvalue weighted by molar-refractivity contribution is -0.137. The first-order valence-electron chi connectivity index (χ1n) is 6.43. The molecule has 0 bridgehead atoms. The summed E-state index contributed by atoms with van der Waals surface area (Å²) in [4.78, 5) is 14.5. The molecular weight excluding hydrogens is 244 g/mol. The molecule has 0 saturated carbocycles. The van der Waals surface area contributed by atoms with Gasteiger partial charge in [-0.1, -0.05) is 6.42 Å². The lowest BCUT2D eigenvalue weighted by Gasteiger charge is -2.08. The number of anilines is 1. The molecular formula is C13H18N4O2. The van der Waals surface area contributed by atoms with Crippen LogP contribution in [0.5, 0.6) is 0 Å². The summed E-state index contributed by atoms with van der Waals surface area (Å²) in [7, 11) is 0. The monoisotopic (exact) mass is 262 g/mol. The van der Waals surface area contributed by atoms with Crippen molar-refractivity contribution in [1.29, 1.82) is 0 Å². The van der Waals surface area contributed by atoms with Gasteiger partial charge in [0, 0.05) is 13.0 Å². The highest BCUT2D eigenvalue weighted by atomic mass is 16.4. The molecule has 102 valence electrons. The van der Waals surface area contributed by atoms with Crippen LogP contribution in [0, 0.1) is 6.92 Å². The van der Waals surface area contributed by atoms with Gasteiger partial charge in [-0.15, -0.1) is 0 Å². The van der Waals surface area contributed by atoms with Crippen molar-refractivity contribution in [3.63, 3.8) is 0 Å². The second-order valence-corrected chi connectivity index (χ2v) is 4.58. The second kappa shape index (κ2) is 6.17. The number of aromatic nitrogens is 3. The fourth-order valence-corrected chi connectivity index (χ4v) is 1.98. The first kappa shape index (κ1) is 13.3. The van der Waals surface area contributed by atoms with Crippen LogP contribution in [0.25, 0.3) is 5.65 Å². The van der Waals surface area contributed by atoms with Crippen molar-refractivity contribution in [2.45, 2.75) is 32.6 Å². The van der Waals surface area contributed by atoms with Crippen LogP contribution in [-0.2, 0) is 4.79 Å². The molecule has 0 unspecified atom stereocenters. The van der Waals surface area contributed by atoms with Gasteiger partial charge >= 0.3 is 5.97 Å². The van der Waals surface area contributed by atoms with Crippen molar-refractivity contribution in [3.05, 3.63) is 24.0 Å². The maximum absolute atomic E-state index is 10.4. The fraction of sp³-hybridized carbons (Fsp3) is 0.462. The number of aliphatic carboxylic acids is 1. The summed E-state index contributed by atoms with van der Waals surface area (Å²) >= 11 is 0. The van der Waals surface area contributed by atoms with E-state index in [1.165, 1.54) is 6.33 Å². The van der Waals surface area contributed by atoms with Gasteiger partial charge in [0.25, 0.3) is 0 Å². The van der Waals surface area contributed by atoms with Crippen molar-refractivity contribution in [2.24, 2.45) is 0 Å². The summed E-state index contributed by atoms with van der Waals surface area (Å²) in [6.45, 7) is 2.82. The third-order valence-corrected chi connectivity index (χ3v) is 2.90. The number of pyridine rings is 1. The van der Waals surface area contributed by atoms with E-state index >= 15 is 0 Å². The summed E-state index contributed by atoms with van der Waals surface area (Å²) in [6, 6.07) is 4.00. The lowest BCUT2D eigenvalue weighted by Crippen LogP contribution is -2.07. The van der Waals surface area contributed by atoms with Crippen LogP contribution >= 0.6 is 0 Å². The van der Waals surface area contributed by atoms with Crippen LogP contribution in [0.15, 0.2) is 18.5 Å². The van der Waals surface area contributed by atoms with Crippen LogP contribution in [0.1, 0.15) is 31.2 Å². The molecule has 0 aliphatic rings. The average molecular weight is 262 g/mol. The normalized spacial score (nSPS) is 10.8. The van der Waals surface area contributed by atoms with Gasteiger partial charge in [-0.05, 0) is 37.5 Å². The molecule has 2 N–H and O–H groups in total. The van der Waals surface area contributed by atoms with E-state index in [-0.39, 0.29) is 6.42 Å². The average Bonchev–Trinajstić information content (AvgIpc) is 2.80. The molecule has 0 amide bonds. The van der Waals surface area contributed by atoms with E-state index < -0.39 is 5.97 Å². The minimum Gasteiger partial charge on any atom is -0.481 e. The minimum absolute atomic E-state index is 0.248. The maximum atomic E-state index is 10.4. The van der Waals surface area contributed by atoms with Gasteiger partial charge in [-0.2, -0.15) is 9.61 Å². The molecule has 6 nitrogen and oxygen atoms in total. The number of hydrogen-bond acceptors (Lipinski definition) is 4. The van der Waals surface area contributed by atoms with Gasteiger partial charge in [0.05, 0.1) is 0 Å². The highest BCUT2D eigenvalue weighted by Crippen LogP contribution is 2.13. The van der Waals surface area contributed by atoms with Crippen molar-refractivity contribution < 1.29 is 9.90 Å². The predicted octanol–water partition coefficient (Wildman–Crippen LogP) is 2.09. The Balaban J connectivity index is 1.84. The highest BCUT2D eigenvalue weighted by molar-refractivity contribution is 5.66. The van der Waals surface area contributed by atoms with E-state index in [0.717, 1.165) is 42.8 Å². The zero-order valence-electron chi connectivity index (χ0n) is 11.0. The molecule has 19 heavy (non-hydrogen) atoms. The van der Waals surface area contributed by atoms with Gasteiger partial charge < -0.3 is 10.4 Å². The Bertz CT molecular complexity index is 565. The summed E-state index contributed by atoms with van der Waals surface area (Å²) < 4.78 is 1.77. The van der Waals surface area contributed by atoms with E-state index in [2.05, 4.69) is 15.4 Å².